The summed E-state index contributed by atoms with van der Waals surface area (Å²) in [6, 6.07) is 10.2. The summed E-state index contributed by atoms with van der Waals surface area (Å²) in [7, 11) is 0. The summed E-state index contributed by atoms with van der Waals surface area (Å²) in [5.41, 5.74) is 0. The zero-order valence-electron chi connectivity index (χ0n) is 12.6. The van der Waals surface area contributed by atoms with Crippen molar-refractivity contribution in [2.24, 2.45) is 5.92 Å². The van der Waals surface area contributed by atoms with Gasteiger partial charge in [-0.25, -0.2) is 0 Å². The third-order valence-electron chi connectivity index (χ3n) is 3.33. The van der Waals surface area contributed by atoms with Crippen LogP contribution in [0.15, 0.2) is 42.5 Å². The highest BCUT2D eigenvalue weighted by Gasteiger charge is 2.13. The van der Waals surface area contributed by atoms with Gasteiger partial charge in [0.1, 0.15) is 5.75 Å². The van der Waals surface area contributed by atoms with Crippen LogP contribution in [0.5, 0.6) is 5.75 Å². The van der Waals surface area contributed by atoms with Gasteiger partial charge >= 0.3 is 0 Å². The van der Waals surface area contributed by atoms with E-state index in [1.807, 2.05) is 30.3 Å². The van der Waals surface area contributed by atoms with Crippen LogP contribution in [-0.4, -0.2) is 6.10 Å². The lowest BCUT2D eigenvalue weighted by atomic mass is 9.99. The second-order valence-corrected chi connectivity index (χ2v) is 5.29. The lowest BCUT2D eigenvalue weighted by Gasteiger charge is -2.21. The van der Waals surface area contributed by atoms with Crippen molar-refractivity contribution in [1.29, 1.82) is 0 Å². The predicted molar refractivity (Wildman–Crippen MR) is 83.6 cm³/mol. The number of ether oxygens (including phenoxy) is 1. The first-order chi connectivity index (χ1) is 9.26. The first-order valence-corrected chi connectivity index (χ1v) is 7.60. The van der Waals surface area contributed by atoms with Crippen LogP contribution in [-0.2, 0) is 0 Å². The fraction of sp³-hybridized carbons (Fsp3) is 0.556. The Hall–Kier alpha value is -1.24. The first-order valence-electron chi connectivity index (χ1n) is 7.60. The van der Waals surface area contributed by atoms with Gasteiger partial charge in [-0.05, 0) is 44.2 Å². The van der Waals surface area contributed by atoms with Crippen LogP contribution in [0.2, 0.25) is 0 Å². The molecule has 1 aromatic rings. The smallest absolute Gasteiger partial charge is 0.119 e. The van der Waals surface area contributed by atoms with Gasteiger partial charge in [-0.2, -0.15) is 0 Å². The number of benzene rings is 1. The van der Waals surface area contributed by atoms with E-state index >= 15 is 0 Å². The van der Waals surface area contributed by atoms with Crippen LogP contribution < -0.4 is 4.74 Å². The van der Waals surface area contributed by atoms with E-state index in [0.717, 1.165) is 18.6 Å². The van der Waals surface area contributed by atoms with E-state index in [0.29, 0.717) is 12.0 Å². The highest BCUT2D eigenvalue weighted by molar-refractivity contribution is 5.21. The molecule has 1 heteroatoms. The molecular weight excluding hydrogens is 232 g/mol. The average Bonchev–Trinajstić information content (AvgIpc) is 2.40. The van der Waals surface area contributed by atoms with Crippen molar-refractivity contribution in [3.8, 4) is 5.75 Å². The van der Waals surface area contributed by atoms with E-state index in [2.05, 4.69) is 32.9 Å². The third-order valence-corrected chi connectivity index (χ3v) is 3.33. The number of hydrogen-bond donors (Lipinski definition) is 0. The van der Waals surface area contributed by atoms with Crippen LogP contribution >= 0.6 is 0 Å². The minimum absolute atomic E-state index is 0.333. The third kappa shape index (κ3) is 7.05. The maximum absolute atomic E-state index is 6.14. The molecule has 2 unspecified atom stereocenters. The summed E-state index contributed by atoms with van der Waals surface area (Å²) in [6.45, 7) is 6.59. The molecule has 0 aliphatic rings. The minimum Gasteiger partial charge on any atom is -0.490 e. The molecule has 0 heterocycles. The van der Waals surface area contributed by atoms with E-state index in [9.17, 15) is 0 Å². The van der Waals surface area contributed by atoms with Crippen molar-refractivity contribution in [2.45, 2.75) is 59.0 Å². The van der Waals surface area contributed by atoms with E-state index in [1.165, 1.54) is 19.3 Å². The zero-order valence-corrected chi connectivity index (χ0v) is 12.6. The molecule has 0 N–H and O–H groups in total. The summed E-state index contributed by atoms with van der Waals surface area (Å²) in [6.07, 6.45) is 10.8. The quantitative estimate of drug-likeness (QED) is 0.414. The molecule has 0 saturated carbocycles. The number of hydrogen-bond acceptors (Lipinski definition) is 1. The maximum Gasteiger partial charge on any atom is 0.119 e. The Kier molecular flexibility index (Phi) is 8.04. The van der Waals surface area contributed by atoms with E-state index in [1.54, 1.807) is 0 Å². The Labute approximate surface area is 118 Å². The molecule has 1 nitrogen and oxygen atoms in total. The van der Waals surface area contributed by atoms with E-state index in [4.69, 9.17) is 4.74 Å². The van der Waals surface area contributed by atoms with Gasteiger partial charge in [-0.15, -0.1) is 0 Å². The van der Waals surface area contributed by atoms with E-state index < -0.39 is 0 Å². The molecule has 0 aliphatic heterocycles. The second-order valence-electron chi connectivity index (χ2n) is 5.29. The van der Waals surface area contributed by atoms with Crippen LogP contribution in [0.25, 0.3) is 0 Å². The van der Waals surface area contributed by atoms with E-state index in [-0.39, 0.29) is 0 Å². The minimum atomic E-state index is 0.333. The van der Waals surface area contributed by atoms with Gasteiger partial charge in [0.25, 0.3) is 0 Å². The molecule has 1 aromatic carbocycles. The summed E-state index contributed by atoms with van der Waals surface area (Å²) in [5.74, 6) is 1.58. The van der Waals surface area contributed by atoms with Crippen LogP contribution in [0.1, 0.15) is 52.9 Å². The van der Waals surface area contributed by atoms with Crippen molar-refractivity contribution in [1.82, 2.24) is 0 Å². The lowest BCUT2D eigenvalue weighted by Crippen LogP contribution is -2.19. The van der Waals surface area contributed by atoms with Crippen LogP contribution in [0, 0.1) is 5.92 Å². The molecule has 0 spiro atoms. The second kappa shape index (κ2) is 9.66. The summed E-state index contributed by atoms with van der Waals surface area (Å²) in [4.78, 5) is 0. The molecule has 2 atom stereocenters. The molecule has 0 amide bonds. The average molecular weight is 260 g/mol. The number of para-hydroxylation sites is 1. The Balaban J connectivity index is 2.53. The van der Waals surface area contributed by atoms with Crippen LogP contribution in [0.3, 0.4) is 0 Å². The Morgan fingerprint density at radius 3 is 2.53 bits per heavy atom. The topological polar surface area (TPSA) is 9.23 Å². The van der Waals surface area contributed by atoms with Gasteiger partial charge in [-0.3, -0.25) is 0 Å². The first kappa shape index (κ1) is 15.8. The highest BCUT2D eigenvalue weighted by Crippen LogP contribution is 2.20. The largest absolute Gasteiger partial charge is 0.490 e. The molecule has 0 bridgehead atoms. The normalized spacial score (nSPS) is 14.5. The molecule has 0 fully saturated rings. The van der Waals surface area contributed by atoms with Gasteiger partial charge in [0.2, 0.25) is 0 Å². The molecule has 0 radical (unpaired) electrons. The maximum atomic E-state index is 6.14. The summed E-state index contributed by atoms with van der Waals surface area (Å²) < 4.78 is 6.14. The number of unbranched alkanes of at least 4 members (excludes halogenated alkanes) is 2. The van der Waals surface area contributed by atoms with Gasteiger partial charge < -0.3 is 4.74 Å². The fourth-order valence-electron chi connectivity index (χ4n) is 2.36. The number of allylic oxidation sites excluding steroid dienone is 2. The highest BCUT2D eigenvalue weighted by atomic mass is 16.5. The van der Waals surface area contributed by atoms with Gasteiger partial charge in [0, 0.05) is 0 Å². The van der Waals surface area contributed by atoms with Gasteiger partial charge in [-0.1, -0.05) is 57.0 Å². The summed E-state index contributed by atoms with van der Waals surface area (Å²) >= 11 is 0. The molecular formula is C18H28O. The van der Waals surface area contributed by atoms with Crippen molar-refractivity contribution >= 4 is 0 Å². The standard InChI is InChI=1S/C18H28O/c1-4-6-8-14-18(15-16(3)11-5-2)19-17-12-9-7-10-13-17/h5,7,9-13,16,18H,4,6,8,14-15H2,1-3H3. The molecule has 0 aliphatic carbocycles. The predicted octanol–water partition coefficient (Wildman–Crippen LogP) is 5.62. The Morgan fingerprint density at radius 2 is 1.89 bits per heavy atom. The van der Waals surface area contributed by atoms with Gasteiger partial charge in [0.05, 0.1) is 6.10 Å². The molecule has 0 saturated heterocycles. The van der Waals surface area contributed by atoms with Crippen LogP contribution in [0.4, 0.5) is 0 Å². The monoisotopic (exact) mass is 260 g/mol. The Morgan fingerprint density at radius 1 is 1.16 bits per heavy atom. The molecule has 1 rings (SSSR count). The van der Waals surface area contributed by atoms with Crippen molar-refractivity contribution in [3.05, 3.63) is 42.5 Å². The molecule has 19 heavy (non-hydrogen) atoms. The summed E-state index contributed by atoms with van der Waals surface area (Å²) in [5, 5.41) is 0. The molecule has 0 aromatic heterocycles. The lowest BCUT2D eigenvalue weighted by molar-refractivity contribution is 0.165. The fourth-order valence-corrected chi connectivity index (χ4v) is 2.36. The molecule has 106 valence electrons. The van der Waals surface area contributed by atoms with Crippen molar-refractivity contribution in [2.75, 3.05) is 0 Å². The Bertz CT molecular complexity index is 342. The SMILES string of the molecule is CC=CC(C)CC(CCCCC)Oc1ccccc1. The number of rotatable bonds is 9. The van der Waals surface area contributed by atoms with Gasteiger partial charge in [0.15, 0.2) is 0 Å². The zero-order chi connectivity index (χ0) is 13.9. The van der Waals surface area contributed by atoms with Crippen molar-refractivity contribution < 1.29 is 4.74 Å². The van der Waals surface area contributed by atoms with Crippen molar-refractivity contribution in [3.63, 3.8) is 0 Å².